The van der Waals surface area contributed by atoms with E-state index in [4.69, 9.17) is 4.42 Å². The summed E-state index contributed by atoms with van der Waals surface area (Å²) < 4.78 is 5.03. The molecule has 0 bridgehead atoms. The Balaban J connectivity index is 1.81. The maximum atomic E-state index is 12.0. The zero-order chi connectivity index (χ0) is 16.8. The predicted octanol–water partition coefficient (Wildman–Crippen LogP) is 1.73. The first kappa shape index (κ1) is 16.6. The molecule has 6 heteroatoms. The summed E-state index contributed by atoms with van der Waals surface area (Å²) in [6.07, 6.45) is 1.43. The predicted molar refractivity (Wildman–Crippen MR) is 88.3 cm³/mol. The van der Waals surface area contributed by atoms with Crippen LogP contribution in [0, 0.1) is 0 Å². The molecule has 1 aromatic heterocycles. The van der Waals surface area contributed by atoms with Crippen molar-refractivity contribution in [3.05, 3.63) is 54.0 Å². The summed E-state index contributed by atoms with van der Waals surface area (Å²) >= 11 is 0. The van der Waals surface area contributed by atoms with Gasteiger partial charge in [-0.3, -0.25) is 9.59 Å². The number of anilines is 1. The quantitative estimate of drug-likeness (QED) is 0.882. The fourth-order valence-corrected chi connectivity index (χ4v) is 2.04. The van der Waals surface area contributed by atoms with E-state index in [1.54, 1.807) is 19.2 Å². The van der Waals surface area contributed by atoms with Crippen molar-refractivity contribution in [1.82, 2.24) is 10.2 Å². The van der Waals surface area contributed by atoms with Crippen LogP contribution < -0.4 is 10.2 Å². The first-order valence-corrected chi connectivity index (χ1v) is 7.29. The van der Waals surface area contributed by atoms with E-state index >= 15 is 0 Å². The molecule has 0 spiro atoms. The Morgan fingerprint density at radius 1 is 1.09 bits per heavy atom. The van der Waals surface area contributed by atoms with Crippen molar-refractivity contribution in [1.29, 1.82) is 0 Å². The molecular formula is C17H21N3O3. The largest absolute Gasteiger partial charge is 0.459 e. The molecule has 122 valence electrons. The number of nitrogens with zero attached hydrogens (tertiary/aromatic N) is 2. The molecular weight excluding hydrogens is 294 g/mol. The first-order valence-electron chi connectivity index (χ1n) is 7.29. The Morgan fingerprint density at radius 2 is 1.78 bits per heavy atom. The van der Waals surface area contributed by atoms with E-state index in [1.807, 2.05) is 43.3 Å². The molecule has 2 aromatic rings. The van der Waals surface area contributed by atoms with Crippen LogP contribution in [0.4, 0.5) is 5.69 Å². The molecule has 0 saturated carbocycles. The minimum absolute atomic E-state index is 0.0185. The summed E-state index contributed by atoms with van der Waals surface area (Å²) in [5.74, 6) is -0.316. The van der Waals surface area contributed by atoms with Gasteiger partial charge in [-0.2, -0.15) is 0 Å². The monoisotopic (exact) mass is 315 g/mol. The average molecular weight is 315 g/mol. The van der Waals surface area contributed by atoms with Crippen LogP contribution in [-0.4, -0.2) is 44.4 Å². The van der Waals surface area contributed by atoms with Gasteiger partial charge >= 0.3 is 0 Å². The van der Waals surface area contributed by atoms with Crippen LogP contribution in [0.1, 0.15) is 16.1 Å². The molecule has 6 nitrogen and oxygen atoms in total. The third-order valence-electron chi connectivity index (χ3n) is 3.40. The number of carbonyl (C=O) groups is 2. The highest BCUT2D eigenvalue weighted by atomic mass is 16.3. The maximum Gasteiger partial charge on any atom is 0.289 e. The number of hydrogen-bond donors (Lipinski definition) is 1. The average Bonchev–Trinajstić information content (AvgIpc) is 3.06. The van der Waals surface area contributed by atoms with Crippen LogP contribution in [0.25, 0.3) is 0 Å². The van der Waals surface area contributed by atoms with Crippen molar-refractivity contribution in [3.63, 3.8) is 0 Å². The topological polar surface area (TPSA) is 65.8 Å². The highest BCUT2D eigenvalue weighted by Crippen LogP contribution is 2.12. The van der Waals surface area contributed by atoms with Crippen molar-refractivity contribution in [2.24, 2.45) is 0 Å². The van der Waals surface area contributed by atoms with Crippen LogP contribution >= 0.6 is 0 Å². The first-order chi connectivity index (χ1) is 11.0. The van der Waals surface area contributed by atoms with Gasteiger partial charge in [0.05, 0.1) is 12.8 Å². The van der Waals surface area contributed by atoms with E-state index in [0.29, 0.717) is 6.54 Å². The van der Waals surface area contributed by atoms with Crippen LogP contribution in [0.15, 0.2) is 47.1 Å². The molecule has 0 aliphatic rings. The Kier molecular flexibility index (Phi) is 5.41. The molecule has 2 rings (SSSR count). The fourth-order valence-electron chi connectivity index (χ4n) is 2.04. The van der Waals surface area contributed by atoms with Gasteiger partial charge in [-0.05, 0) is 29.8 Å². The van der Waals surface area contributed by atoms with Crippen molar-refractivity contribution in [2.45, 2.75) is 6.54 Å². The van der Waals surface area contributed by atoms with Crippen molar-refractivity contribution in [3.8, 4) is 0 Å². The van der Waals surface area contributed by atoms with Gasteiger partial charge in [0, 0.05) is 33.4 Å². The van der Waals surface area contributed by atoms with E-state index < -0.39 is 0 Å². The van der Waals surface area contributed by atoms with Crippen molar-refractivity contribution < 1.29 is 14.0 Å². The number of benzene rings is 1. The van der Waals surface area contributed by atoms with Crippen LogP contribution in [-0.2, 0) is 11.3 Å². The summed E-state index contributed by atoms with van der Waals surface area (Å²) in [5.41, 5.74) is 2.10. The summed E-state index contributed by atoms with van der Waals surface area (Å²) in [4.78, 5) is 27.2. The van der Waals surface area contributed by atoms with Crippen LogP contribution in [0.5, 0.6) is 0 Å². The number of likely N-dealkylation sites (N-methyl/N-ethyl adjacent to an activating group) is 1. The summed E-state index contributed by atoms with van der Waals surface area (Å²) in [6, 6.07) is 11.1. The van der Waals surface area contributed by atoms with E-state index in [2.05, 4.69) is 5.32 Å². The standard InChI is InChI=1S/C17H21N3O3/c1-19(2)14-8-6-13(7-9-14)11-18-16(21)12-20(3)17(22)15-5-4-10-23-15/h4-10H,11-12H2,1-3H3,(H,18,21). The minimum atomic E-state index is -0.319. The number of amides is 2. The SMILES string of the molecule is CN(CC(=O)NCc1ccc(N(C)C)cc1)C(=O)c1ccco1. The Labute approximate surface area is 135 Å². The van der Waals surface area contributed by atoms with Gasteiger partial charge in [0.1, 0.15) is 0 Å². The molecule has 0 radical (unpaired) electrons. The molecule has 23 heavy (non-hydrogen) atoms. The Bertz CT molecular complexity index is 648. The highest BCUT2D eigenvalue weighted by molar-refractivity contribution is 5.94. The van der Waals surface area contributed by atoms with E-state index in [-0.39, 0.29) is 24.1 Å². The molecule has 0 saturated heterocycles. The lowest BCUT2D eigenvalue weighted by atomic mass is 10.2. The third-order valence-corrected chi connectivity index (χ3v) is 3.40. The lowest BCUT2D eigenvalue weighted by Gasteiger charge is -2.16. The summed E-state index contributed by atoms with van der Waals surface area (Å²) in [7, 11) is 5.52. The lowest BCUT2D eigenvalue weighted by Crippen LogP contribution is -2.38. The van der Waals surface area contributed by atoms with Gasteiger partial charge in [-0.1, -0.05) is 12.1 Å². The molecule has 0 aliphatic carbocycles. The Morgan fingerprint density at radius 3 is 2.35 bits per heavy atom. The van der Waals surface area contributed by atoms with Gasteiger partial charge in [-0.15, -0.1) is 0 Å². The normalized spacial score (nSPS) is 10.2. The van der Waals surface area contributed by atoms with E-state index in [0.717, 1.165) is 11.3 Å². The highest BCUT2D eigenvalue weighted by Gasteiger charge is 2.16. The molecule has 0 fully saturated rings. The number of rotatable bonds is 6. The second-order valence-corrected chi connectivity index (χ2v) is 5.48. The molecule has 2 amide bonds. The third kappa shape index (κ3) is 4.60. The number of furan rings is 1. The fraction of sp³-hybridized carbons (Fsp3) is 0.294. The van der Waals surface area contributed by atoms with Gasteiger partial charge < -0.3 is 19.5 Å². The second-order valence-electron chi connectivity index (χ2n) is 5.48. The molecule has 0 unspecified atom stereocenters. The number of nitrogens with one attached hydrogen (secondary N) is 1. The van der Waals surface area contributed by atoms with Gasteiger partial charge in [0.15, 0.2) is 5.76 Å². The van der Waals surface area contributed by atoms with Crippen molar-refractivity contribution >= 4 is 17.5 Å². The lowest BCUT2D eigenvalue weighted by molar-refractivity contribution is -0.121. The smallest absolute Gasteiger partial charge is 0.289 e. The van der Waals surface area contributed by atoms with Crippen LogP contribution in [0.2, 0.25) is 0 Å². The molecule has 1 aromatic carbocycles. The number of hydrogen-bond acceptors (Lipinski definition) is 4. The molecule has 0 aliphatic heterocycles. The summed E-state index contributed by atoms with van der Waals surface area (Å²) in [6.45, 7) is 0.407. The maximum absolute atomic E-state index is 12.0. The number of carbonyl (C=O) groups excluding carboxylic acids is 2. The zero-order valence-corrected chi connectivity index (χ0v) is 13.6. The van der Waals surface area contributed by atoms with E-state index in [1.165, 1.54) is 11.2 Å². The van der Waals surface area contributed by atoms with Gasteiger partial charge in [0.2, 0.25) is 5.91 Å². The van der Waals surface area contributed by atoms with E-state index in [9.17, 15) is 9.59 Å². The summed E-state index contributed by atoms with van der Waals surface area (Å²) in [5, 5.41) is 2.80. The molecule has 1 N–H and O–H groups in total. The van der Waals surface area contributed by atoms with Gasteiger partial charge in [0.25, 0.3) is 5.91 Å². The molecule has 1 heterocycles. The van der Waals surface area contributed by atoms with Gasteiger partial charge in [-0.25, -0.2) is 0 Å². The molecule has 0 atom stereocenters. The second kappa shape index (κ2) is 7.49. The zero-order valence-electron chi connectivity index (χ0n) is 13.6. The van der Waals surface area contributed by atoms with Crippen molar-refractivity contribution in [2.75, 3.05) is 32.6 Å². The minimum Gasteiger partial charge on any atom is -0.459 e. The Hall–Kier alpha value is -2.76. The van der Waals surface area contributed by atoms with Crippen LogP contribution in [0.3, 0.4) is 0 Å².